The fourth-order valence-corrected chi connectivity index (χ4v) is 3.10. The van der Waals surface area contributed by atoms with Crippen LogP contribution < -0.4 is 10.1 Å². The van der Waals surface area contributed by atoms with Gasteiger partial charge in [-0.15, -0.1) is 0 Å². The van der Waals surface area contributed by atoms with Crippen LogP contribution in [0, 0.1) is 0 Å². The molecule has 1 N–H and O–H groups in total. The van der Waals surface area contributed by atoms with Crippen LogP contribution in [0.1, 0.15) is 19.4 Å². The Balaban J connectivity index is 1.70. The largest absolute Gasteiger partial charge is 0.497 e. The molecule has 5 nitrogen and oxygen atoms in total. The van der Waals surface area contributed by atoms with E-state index in [4.69, 9.17) is 4.74 Å². The second-order valence-electron chi connectivity index (χ2n) is 6.60. The van der Waals surface area contributed by atoms with E-state index in [2.05, 4.69) is 52.2 Å². The molecule has 28 heavy (non-hydrogen) atoms. The number of anilines is 2. The Kier molecular flexibility index (Phi) is 6.98. The molecule has 1 aromatic heterocycles. The average molecular weight is 377 g/mol. The maximum absolute atomic E-state index is 5.22. The first-order valence-electron chi connectivity index (χ1n) is 9.77. The van der Waals surface area contributed by atoms with Crippen molar-refractivity contribution >= 4 is 11.6 Å². The molecule has 0 unspecified atom stereocenters. The maximum atomic E-state index is 5.22. The van der Waals surface area contributed by atoms with Crippen molar-refractivity contribution in [1.82, 2.24) is 14.9 Å². The molecule has 146 valence electrons. The molecule has 5 heteroatoms. The summed E-state index contributed by atoms with van der Waals surface area (Å²) in [5.74, 6) is 1.42. The van der Waals surface area contributed by atoms with Crippen LogP contribution in [-0.4, -0.2) is 41.6 Å². The lowest BCUT2D eigenvalue weighted by molar-refractivity contribution is 0.308. The number of hydrogen-bond donors (Lipinski definition) is 1. The zero-order valence-corrected chi connectivity index (χ0v) is 16.9. The van der Waals surface area contributed by atoms with Gasteiger partial charge in [0.1, 0.15) is 5.75 Å². The Labute approximate surface area is 167 Å². The Hall–Kier alpha value is -2.92. The fourth-order valence-electron chi connectivity index (χ4n) is 3.10. The van der Waals surface area contributed by atoms with Crippen LogP contribution in [0.4, 0.5) is 11.6 Å². The molecule has 3 rings (SSSR count). The highest BCUT2D eigenvalue weighted by atomic mass is 16.5. The molecule has 0 spiro atoms. The van der Waals surface area contributed by atoms with Crippen molar-refractivity contribution in [3.05, 3.63) is 66.4 Å². The number of benzene rings is 2. The third-order valence-electron chi connectivity index (χ3n) is 4.84. The van der Waals surface area contributed by atoms with Crippen LogP contribution in [0.15, 0.2) is 60.8 Å². The van der Waals surface area contributed by atoms with Crippen LogP contribution >= 0.6 is 0 Å². The first-order chi connectivity index (χ1) is 13.7. The van der Waals surface area contributed by atoms with Crippen LogP contribution in [-0.2, 0) is 6.42 Å². The van der Waals surface area contributed by atoms with Crippen molar-refractivity contribution in [3.8, 4) is 17.0 Å². The van der Waals surface area contributed by atoms with Gasteiger partial charge in [-0.25, -0.2) is 9.97 Å². The van der Waals surface area contributed by atoms with Crippen molar-refractivity contribution in [2.45, 2.75) is 20.3 Å². The van der Waals surface area contributed by atoms with Gasteiger partial charge < -0.3 is 15.0 Å². The maximum Gasteiger partial charge on any atom is 0.227 e. The van der Waals surface area contributed by atoms with Gasteiger partial charge in [0.05, 0.1) is 12.8 Å². The highest BCUT2D eigenvalue weighted by molar-refractivity contribution is 5.62. The molecule has 0 amide bonds. The van der Waals surface area contributed by atoms with Gasteiger partial charge in [0.15, 0.2) is 0 Å². The number of hydrogen-bond acceptors (Lipinski definition) is 5. The molecule has 0 aliphatic heterocycles. The highest BCUT2D eigenvalue weighted by Gasteiger charge is 2.05. The number of likely N-dealkylation sites (N-methyl/N-ethyl adjacent to an activating group) is 1. The number of nitrogens with one attached hydrogen (secondary N) is 1. The van der Waals surface area contributed by atoms with E-state index in [9.17, 15) is 0 Å². The molecule has 0 aliphatic rings. The van der Waals surface area contributed by atoms with Gasteiger partial charge in [0.2, 0.25) is 5.95 Å². The summed E-state index contributed by atoms with van der Waals surface area (Å²) in [6.45, 7) is 7.64. The van der Waals surface area contributed by atoms with Crippen LogP contribution in [0.25, 0.3) is 11.3 Å². The van der Waals surface area contributed by atoms with Gasteiger partial charge in [-0.2, -0.15) is 0 Å². The fraction of sp³-hybridized carbons (Fsp3) is 0.304. The van der Waals surface area contributed by atoms with Crippen LogP contribution in [0.5, 0.6) is 5.75 Å². The lowest BCUT2D eigenvalue weighted by atomic mass is 10.1. The number of nitrogens with zero attached hydrogens (tertiary/aromatic N) is 3. The summed E-state index contributed by atoms with van der Waals surface area (Å²) in [6, 6.07) is 18.2. The third-order valence-corrected chi connectivity index (χ3v) is 4.84. The summed E-state index contributed by atoms with van der Waals surface area (Å²) in [4.78, 5) is 11.5. The number of ether oxygens (including phenoxy) is 1. The lowest BCUT2D eigenvalue weighted by Crippen LogP contribution is -2.25. The van der Waals surface area contributed by atoms with Gasteiger partial charge in [-0.3, -0.25) is 0 Å². The average Bonchev–Trinajstić information content (AvgIpc) is 2.75. The minimum Gasteiger partial charge on any atom is -0.497 e. The molecule has 2 aromatic carbocycles. The van der Waals surface area contributed by atoms with E-state index < -0.39 is 0 Å². The van der Waals surface area contributed by atoms with E-state index >= 15 is 0 Å². The summed E-state index contributed by atoms with van der Waals surface area (Å²) in [7, 11) is 1.66. The van der Waals surface area contributed by atoms with E-state index in [1.54, 1.807) is 13.3 Å². The zero-order chi connectivity index (χ0) is 19.8. The second-order valence-corrected chi connectivity index (χ2v) is 6.60. The number of aromatic nitrogens is 2. The van der Waals surface area contributed by atoms with E-state index in [1.807, 2.05) is 36.4 Å². The van der Waals surface area contributed by atoms with Crippen LogP contribution in [0.2, 0.25) is 0 Å². The molecule has 0 bridgehead atoms. The summed E-state index contributed by atoms with van der Waals surface area (Å²) in [5, 5.41) is 3.33. The molecule has 0 saturated heterocycles. The molecule has 3 aromatic rings. The summed E-state index contributed by atoms with van der Waals surface area (Å²) < 4.78 is 5.22. The molecule has 0 radical (unpaired) electrons. The van der Waals surface area contributed by atoms with E-state index in [-0.39, 0.29) is 0 Å². The van der Waals surface area contributed by atoms with Crippen LogP contribution in [0.3, 0.4) is 0 Å². The SMILES string of the molecule is CCN(CC)CCc1cccc(Nc2nccc(-c3ccc(OC)cc3)n2)c1. The summed E-state index contributed by atoms with van der Waals surface area (Å²) in [5.41, 5.74) is 4.21. The monoisotopic (exact) mass is 376 g/mol. The minimum atomic E-state index is 0.592. The molecule has 0 fully saturated rings. The van der Waals surface area contributed by atoms with E-state index in [1.165, 1.54) is 5.56 Å². The Bertz CT molecular complexity index is 876. The topological polar surface area (TPSA) is 50.3 Å². The van der Waals surface area contributed by atoms with E-state index in [0.717, 1.165) is 48.7 Å². The molecule has 0 aliphatic carbocycles. The lowest BCUT2D eigenvalue weighted by Gasteiger charge is -2.18. The van der Waals surface area contributed by atoms with Crippen molar-refractivity contribution in [3.63, 3.8) is 0 Å². The highest BCUT2D eigenvalue weighted by Crippen LogP contribution is 2.22. The molecular weight excluding hydrogens is 348 g/mol. The van der Waals surface area contributed by atoms with Gasteiger partial charge in [0, 0.05) is 24.0 Å². The van der Waals surface area contributed by atoms with Crippen molar-refractivity contribution in [1.29, 1.82) is 0 Å². The second kappa shape index (κ2) is 9.85. The number of rotatable bonds is 9. The van der Waals surface area contributed by atoms with Crippen molar-refractivity contribution in [2.75, 3.05) is 32.1 Å². The molecule has 0 atom stereocenters. The molecule has 1 heterocycles. The molecule has 0 saturated carbocycles. The van der Waals surface area contributed by atoms with Crippen molar-refractivity contribution < 1.29 is 4.74 Å². The smallest absolute Gasteiger partial charge is 0.227 e. The zero-order valence-electron chi connectivity index (χ0n) is 16.9. The van der Waals surface area contributed by atoms with Crippen molar-refractivity contribution in [2.24, 2.45) is 0 Å². The van der Waals surface area contributed by atoms with E-state index in [0.29, 0.717) is 5.95 Å². The Morgan fingerprint density at radius 3 is 2.50 bits per heavy atom. The summed E-state index contributed by atoms with van der Waals surface area (Å²) in [6.07, 6.45) is 2.81. The predicted molar refractivity (Wildman–Crippen MR) is 115 cm³/mol. The van der Waals surface area contributed by atoms with Gasteiger partial charge >= 0.3 is 0 Å². The predicted octanol–water partition coefficient (Wildman–Crippen LogP) is 4.78. The quantitative estimate of drug-likeness (QED) is 0.582. The summed E-state index contributed by atoms with van der Waals surface area (Å²) >= 11 is 0. The third kappa shape index (κ3) is 5.30. The van der Waals surface area contributed by atoms with Gasteiger partial charge in [0.25, 0.3) is 0 Å². The number of methoxy groups -OCH3 is 1. The Morgan fingerprint density at radius 1 is 1.00 bits per heavy atom. The first-order valence-corrected chi connectivity index (χ1v) is 9.77. The first kappa shape index (κ1) is 19.8. The minimum absolute atomic E-state index is 0.592. The normalized spacial score (nSPS) is 10.9. The standard InChI is InChI=1S/C23H28N4O/c1-4-27(5-2)16-14-18-7-6-8-20(17-18)25-23-24-15-13-22(26-23)19-9-11-21(28-3)12-10-19/h6-13,15,17H,4-5,14,16H2,1-3H3,(H,24,25,26). The van der Waals surface area contributed by atoms with Gasteiger partial charge in [-0.1, -0.05) is 26.0 Å². The van der Waals surface area contributed by atoms with Gasteiger partial charge in [-0.05, 0) is 67.5 Å². The Morgan fingerprint density at radius 2 is 1.79 bits per heavy atom. The molecular formula is C23H28N4O.